The van der Waals surface area contributed by atoms with E-state index in [2.05, 4.69) is 0 Å². The Labute approximate surface area is 167 Å². The topological polar surface area (TPSA) is 80.3 Å². The molecule has 0 aliphatic rings. The van der Waals surface area contributed by atoms with Gasteiger partial charge in [0.15, 0.2) is 0 Å². The van der Waals surface area contributed by atoms with Crippen LogP contribution < -0.4 is 80.5 Å². The Balaban J connectivity index is 0. The van der Waals surface area contributed by atoms with Crippen molar-refractivity contribution >= 4 is 11.9 Å². The third kappa shape index (κ3) is 3.95. The van der Waals surface area contributed by atoms with Gasteiger partial charge in [0.2, 0.25) is 0 Å². The number of carbonyl (C=O) groups excluding carboxylic acids is 2. The molecular weight excluding hydrogens is 266 g/mol. The standard InChI is InChI=1S/C13H16O4.K.Li/c1-12(2,3)13(10(14)15,11(16)17)9-7-5-4-6-8-9;;/h4-8H,1-3H3,(H,14,15)(H,16,17);;/q;2*+1/p-2. The van der Waals surface area contributed by atoms with Crippen LogP contribution in [0.3, 0.4) is 0 Å². The fraction of sp³-hybridized carbons (Fsp3) is 0.385. The van der Waals surface area contributed by atoms with Gasteiger partial charge in [0.25, 0.3) is 0 Å². The van der Waals surface area contributed by atoms with Crippen molar-refractivity contribution in [2.24, 2.45) is 5.41 Å². The maximum absolute atomic E-state index is 11.4. The van der Waals surface area contributed by atoms with Crippen LogP contribution in [-0.2, 0) is 15.0 Å². The molecule has 4 nitrogen and oxygen atoms in total. The summed E-state index contributed by atoms with van der Waals surface area (Å²) in [6, 6.07) is 7.76. The molecule has 0 unspecified atom stereocenters. The monoisotopic (exact) mass is 280 g/mol. The summed E-state index contributed by atoms with van der Waals surface area (Å²) in [5.41, 5.74) is -3.06. The molecule has 0 spiro atoms. The van der Waals surface area contributed by atoms with E-state index in [4.69, 9.17) is 0 Å². The number of hydrogen-bond donors (Lipinski definition) is 0. The second-order valence-electron chi connectivity index (χ2n) is 4.94. The molecule has 0 radical (unpaired) electrons. The molecule has 0 heterocycles. The number of carboxylic acid groups (broad SMARTS) is 2. The fourth-order valence-corrected chi connectivity index (χ4v) is 2.05. The zero-order valence-electron chi connectivity index (χ0n) is 12.0. The molecular formula is C13H14KLiO4. The van der Waals surface area contributed by atoms with Crippen LogP contribution in [0, 0.1) is 5.41 Å². The number of carbonyl (C=O) groups is 2. The van der Waals surface area contributed by atoms with Gasteiger partial charge in [-0.3, -0.25) is 0 Å². The molecule has 1 rings (SSSR count). The van der Waals surface area contributed by atoms with Crippen molar-refractivity contribution in [3.63, 3.8) is 0 Å². The normalized spacial score (nSPS) is 10.9. The van der Waals surface area contributed by atoms with E-state index in [1.807, 2.05) is 0 Å². The van der Waals surface area contributed by atoms with Gasteiger partial charge in [0, 0.05) is 0 Å². The third-order valence-corrected chi connectivity index (χ3v) is 2.94. The van der Waals surface area contributed by atoms with Crippen LogP contribution >= 0.6 is 0 Å². The summed E-state index contributed by atoms with van der Waals surface area (Å²) in [4.78, 5) is 22.8. The van der Waals surface area contributed by atoms with Gasteiger partial charge in [-0.2, -0.15) is 0 Å². The molecule has 0 atom stereocenters. The van der Waals surface area contributed by atoms with E-state index in [1.165, 1.54) is 32.9 Å². The summed E-state index contributed by atoms with van der Waals surface area (Å²) in [6.07, 6.45) is 0. The Kier molecular flexibility index (Phi) is 9.12. The smallest absolute Gasteiger partial charge is 0.549 e. The van der Waals surface area contributed by atoms with Crippen molar-refractivity contribution in [1.82, 2.24) is 0 Å². The van der Waals surface area contributed by atoms with E-state index in [9.17, 15) is 19.8 Å². The first kappa shape index (κ1) is 21.7. The maximum Gasteiger partial charge on any atom is 1.00 e. The van der Waals surface area contributed by atoms with Crippen molar-refractivity contribution in [3.05, 3.63) is 35.9 Å². The van der Waals surface area contributed by atoms with Gasteiger partial charge in [-0.05, 0) is 11.0 Å². The van der Waals surface area contributed by atoms with E-state index >= 15 is 0 Å². The van der Waals surface area contributed by atoms with Gasteiger partial charge in [0.1, 0.15) is 0 Å². The molecule has 19 heavy (non-hydrogen) atoms. The van der Waals surface area contributed by atoms with Crippen molar-refractivity contribution in [2.45, 2.75) is 26.2 Å². The van der Waals surface area contributed by atoms with Crippen LogP contribution in [0.5, 0.6) is 0 Å². The molecule has 1 aromatic carbocycles. The maximum atomic E-state index is 11.4. The number of carboxylic acids is 2. The summed E-state index contributed by atoms with van der Waals surface area (Å²) in [7, 11) is 0. The van der Waals surface area contributed by atoms with Gasteiger partial charge in [-0.25, -0.2) is 0 Å². The van der Waals surface area contributed by atoms with Crippen LogP contribution in [0.25, 0.3) is 0 Å². The third-order valence-electron chi connectivity index (χ3n) is 2.94. The average Bonchev–Trinajstić information content (AvgIpc) is 2.16. The molecule has 1 aromatic rings. The molecule has 0 bridgehead atoms. The van der Waals surface area contributed by atoms with Crippen molar-refractivity contribution in [1.29, 1.82) is 0 Å². The summed E-state index contributed by atoms with van der Waals surface area (Å²) >= 11 is 0. The van der Waals surface area contributed by atoms with Crippen LogP contribution in [0.4, 0.5) is 0 Å². The Morgan fingerprint density at radius 3 is 1.58 bits per heavy atom. The van der Waals surface area contributed by atoms with E-state index in [0.717, 1.165) is 0 Å². The quantitative estimate of drug-likeness (QED) is 0.407. The van der Waals surface area contributed by atoms with Gasteiger partial charge in [-0.1, -0.05) is 51.1 Å². The number of hydrogen-bond acceptors (Lipinski definition) is 4. The Morgan fingerprint density at radius 1 is 0.947 bits per heavy atom. The Bertz CT molecular complexity index is 426. The molecule has 0 N–H and O–H groups in total. The molecule has 0 saturated heterocycles. The molecule has 6 heteroatoms. The first-order chi connectivity index (χ1) is 7.74. The van der Waals surface area contributed by atoms with Crippen LogP contribution in [0.1, 0.15) is 26.3 Å². The van der Waals surface area contributed by atoms with Crippen molar-refractivity contribution in [2.75, 3.05) is 0 Å². The fourth-order valence-electron chi connectivity index (χ4n) is 2.05. The zero-order chi connectivity index (χ0) is 13.3. The first-order valence-corrected chi connectivity index (χ1v) is 5.23. The minimum Gasteiger partial charge on any atom is -0.549 e. The largest absolute Gasteiger partial charge is 1.00 e. The SMILES string of the molecule is CC(C)(C)C(C(=O)[O-])(C(=O)[O-])c1ccccc1.[K+].[Li+]. The predicted octanol–water partition coefficient (Wildman–Crippen LogP) is -6.52. The van der Waals surface area contributed by atoms with Gasteiger partial charge < -0.3 is 19.8 Å². The summed E-state index contributed by atoms with van der Waals surface area (Å²) in [6.45, 7) is 4.60. The average molecular weight is 280 g/mol. The molecule has 0 amide bonds. The van der Waals surface area contributed by atoms with Gasteiger partial charge in [0.05, 0.1) is 17.4 Å². The van der Waals surface area contributed by atoms with E-state index in [0.29, 0.717) is 0 Å². The summed E-state index contributed by atoms with van der Waals surface area (Å²) in [5, 5.41) is 22.8. The molecule has 0 saturated carbocycles. The zero-order valence-corrected chi connectivity index (χ0v) is 15.1. The first-order valence-electron chi connectivity index (χ1n) is 5.23. The molecule has 0 fully saturated rings. The van der Waals surface area contributed by atoms with Gasteiger partial charge in [-0.15, -0.1) is 0 Å². The molecule has 0 aromatic heterocycles. The van der Waals surface area contributed by atoms with Crippen LogP contribution in [0.15, 0.2) is 30.3 Å². The number of aliphatic carboxylic acids is 2. The minimum absolute atomic E-state index is 0. The second-order valence-corrected chi connectivity index (χ2v) is 4.94. The Hall–Kier alpha value is 0.394. The van der Waals surface area contributed by atoms with E-state index in [1.54, 1.807) is 18.2 Å². The Morgan fingerprint density at radius 2 is 1.32 bits per heavy atom. The molecule has 0 aliphatic heterocycles. The van der Waals surface area contributed by atoms with Gasteiger partial charge >= 0.3 is 70.2 Å². The van der Waals surface area contributed by atoms with Crippen molar-refractivity contribution < 1.29 is 90.0 Å². The molecule has 92 valence electrons. The summed E-state index contributed by atoms with van der Waals surface area (Å²) in [5.74, 6) is -3.31. The van der Waals surface area contributed by atoms with E-state index in [-0.39, 0.29) is 75.8 Å². The molecule has 0 aliphatic carbocycles. The summed E-state index contributed by atoms with van der Waals surface area (Å²) < 4.78 is 0. The number of benzene rings is 1. The minimum atomic E-state index is -2.16. The van der Waals surface area contributed by atoms with Crippen molar-refractivity contribution in [3.8, 4) is 0 Å². The van der Waals surface area contributed by atoms with Crippen LogP contribution in [0.2, 0.25) is 0 Å². The van der Waals surface area contributed by atoms with Crippen LogP contribution in [-0.4, -0.2) is 11.9 Å². The van der Waals surface area contributed by atoms with E-state index < -0.39 is 22.8 Å². The number of rotatable bonds is 3. The second kappa shape index (κ2) is 7.99. The predicted molar refractivity (Wildman–Crippen MR) is 57.6 cm³/mol.